The molecular formula is C10H19N3O2. The maximum atomic E-state index is 11.4. The molecule has 86 valence electrons. The second kappa shape index (κ2) is 5.11. The summed E-state index contributed by atoms with van der Waals surface area (Å²) in [5, 5.41) is 6.44. The summed E-state index contributed by atoms with van der Waals surface area (Å²) < 4.78 is 7.23. The van der Waals surface area contributed by atoms with E-state index in [1.165, 1.54) is 0 Å². The van der Waals surface area contributed by atoms with Crippen LogP contribution < -0.4 is 5.69 Å². The van der Waals surface area contributed by atoms with Crippen LogP contribution in [0, 0.1) is 0 Å². The lowest BCUT2D eigenvalue weighted by atomic mass is 10.3. The average molecular weight is 213 g/mol. The zero-order chi connectivity index (χ0) is 11.4. The van der Waals surface area contributed by atoms with Crippen molar-refractivity contribution in [2.45, 2.75) is 52.9 Å². The van der Waals surface area contributed by atoms with Gasteiger partial charge in [0, 0.05) is 6.54 Å². The molecule has 1 N–H and O–H groups in total. The van der Waals surface area contributed by atoms with E-state index in [9.17, 15) is 4.79 Å². The fourth-order valence-electron chi connectivity index (χ4n) is 1.55. The molecule has 0 saturated heterocycles. The summed E-state index contributed by atoms with van der Waals surface area (Å²) in [6.07, 6.45) is 0.873. The Bertz CT molecular complexity index is 354. The van der Waals surface area contributed by atoms with Crippen LogP contribution in [0.3, 0.4) is 0 Å². The van der Waals surface area contributed by atoms with Crippen molar-refractivity contribution >= 4 is 0 Å². The number of nitrogens with one attached hydrogen (secondary N) is 1. The van der Waals surface area contributed by atoms with Gasteiger partial charge < -0.3 is 4.74 Å². The Morgan fingerprint density at radius 1 is 1.47 bits per heavy atom. The molecule has 0 aliphatic heterocycles. The van der Waals surface area contributed by atoms with E-state index in [-0.39, 0.29) is 17.9 Å². The van der Waals surface area contributed by atoms with Crippen LogP contribution in [0.15, 0.2) is 4.79 Å². The molecule has 0 aromatic carbocycles. The minimum atomic E-state index is -0.161. The first-order valence-electron chi connectivity index (χ1n) is 5.36. The smallest absolute Gasteiger partial charge is 0.343 e. The maximum Gasteiger partial charge on any atom is 0.343 e. The molecule has 1 rings (SSSR count). The van der Waals surface area contributed by atoms with Gasteiger partial charge in [0.15, 0.2) is 5.82 Å². The van der Waals surface area contributed by atoms with Gasteiger partial charge in [-0.3, -0.25) is 4.57 Å². The first kappa shape index (κ1) is 12.0. The first-order valence-corrected chi connectivity index (χ1v) is 5.36. The molecule has 1 atom stereocenters. The Morgan fingerprint density at radius 3 is 2.67 bits per heavy atom. The highest BCUT2D eigenvalue weighted by molar-refractivity contribution is 4.90. The van der Waals surface area contributed by atoms with E-state index in [0.717, 1.165) is 6.42 Å². The molecule has 15 heavy (non-hydrogen) atoms. The Balaban J connectivity index is 2.88. The van der Waals surface area contributed by atoms with Crippen molar-refractivity contribution in [1.82, 2.24) is 14.8 Å². The molecular weight excluding hydrogens is 194 g/mol. The molecule has 1 heterocycles. The zero-order valence-corrected chi connectivity index (χ0v) is 9.78. The molecule has 0 spiro atoms. The van der Waals surface area contributed by atoms with Gasteiger partial charge in [-0.15, -0.1) is 0 Å². The van der Waals surface area contributed by atoms with Crippen molar-refractivity contribution in [3.05, 3.63) is 16.3 Å². The van der Waals surface area contributed by atoms with E-state index in [4.69, 9.17) is 4.74 Å². The molecule has 0 fully saturated rings. The highest BCUT2D eigenvalue weighted by Gasteiger charge is 2.16. The van der Waals surface area contributed by atoms with E-state index in [1.807, 2.05) is 27.7 Å². The van der Waals surface area contributed by atoms with E-state index in [1.54, 1.807) is 4.57 Å². The quantitative estimate of drug-likeness (QED) is 0.805. The van der Waals surface area contributed by atoms with Crippen molar-refractivity contribution < 1.29 is 4.74 Å². The summed E-state index contributed by atoms with van der Waals surface area (Å²) in [6, 6.07) is 0. The summed E-state index contributed by atoms with van der Waals surface area (Å²) >= 11 is 0. The molecule has 0 amide bonds. The van der Waals surface area contributed by atoms with Gasteiger partial charge in [0.05, 0.1) is 6.10 Å². The summed E-state index contributed by atoms with van der Waals surface area (Å²) in [5.74, 6) is 0.676. The van der Waals surface area contributed by atoms with Crippen LogP contribution in [0.5, 0.6) is 0 Å². The van der Waals surface area contributed by atoms with Crippen molar-refractivity contribution in [1.29, 1.82) is 0 Å². The minimum Gasteiger partial charge on any atom is -0.368 e. The van der Waals surface area contributed by atoms with E-state index in [0.29, 0.717) is 12.4 Å². The van der Waals surface area contributed by atoms with Crippen molar-refractivity contribution in [3.8, 4) is 0 Å². The summed E-state index contributed by atoms with van der Waals surface area (Å²) in [5.41, 5.74) is -0.161. The van der Waals surface area contributed by atoms with Gasteiger partial charge in [0.1, 0.15) is 6.10 Å². The normalized spacial score (nSPS) is 13.4. The predicted molar refractivity (Wildman–Crippen MR) is 57.8 cm³/mol. The van der Waals surface area contributed by atoms with Crippen LogP contribution in [0.2, 0.25) is 0 Å². The third kappa shape index (κ3) is 2.92. The molecule has 1 unspecified atom stereocenters. The molecule has 0 bridgehead atoms. The lowest BCUT2D eigenvalue weighted by Crippen LogP contribution is -2.21. The van der Waals surface area contributed by atoms with Gasteiger partial charge in [0.25, 0.3) is 0 Å². The van der Waals surface area contributed by atoms with Gasteiger partial charge >= 0.3 is 5.69 Å². The van der Waals surface area contributed by atoms with E-state index < -0.39 is 0 Å². The first-order chi connectivity index (χ1) is 7.06. The third-order valence-corrected chi connectivity index (χ3v) is 2.07. The van der Waals surface area contributed by atoms with Crippen LogP contribution in [0.1, 0.15) is 46.0 Å². The second-order valence-electron chi connectivity index (χ2n) is 3.87. The maximum absolute atomic E-state index is 11.4. The minimum absolute atomic E-state index is 0.127. The third-order valence-electron chi connectivity index (χ3n) is 2.07. The molecule has 0 aliphatic carbocycles. The summed E-state index contributed by atoms with van der Waals surface area (Å²) in [4.78, 5) is 11.4. The van der Waals surface area contributed by atoms with E-state index in [2.05, 4.69) is 10.2 Å². The van der Waals surface area contributed by atoms with E-state index >= 15 is 0 Å². The van der Waals surface area contributed by atoms with Crippen LogP contribution in [-0.4, -0.2) is 20.9 Å². The molecule has 0 radical (unpaired) electrons. The number of ether oxygens (including phenoxy) is 1. The number of H-pyrrole nitrogens is 1. The predicted octanol–water partition coefficient (Wildman–Crippen LogP) is 1.47. The molecule has 1 aromatic heterocycles. The molecule has 0 aliphatic rings. The van der Waals surface area contributed by atoms with Crippen LogP contribution >= 0.6 is 0 Å². The lowest BCUT2D eigenvalue weighted by Gasteiger charge is -2.15. The van der Waals surface area contributed by atoms with Crippen LogP contribution in [-0.2, 0) is 11.3 Å². The summed E-state index contributed by atoms with van der Waals surface area (Å²) in [6.45, 7) is 8.53. The number of aromatic nitrogens is 3. The van der Waals surface area contributed by atoms with Crippen molar-refractivity contribution in [3.63, 3.8) is 0 Å². The number of nitrogens with zero attached hydrogens (tertiary/aromatic N) is 2. The highest BCUT2D eigenvalue weighted by atomic mass is 16.5. The Morgan fingerprint density at radius 2 is 2.13 bits per heavy atom. The SMILES string of the molecule is CCCn1c(C(C)OC(C)C)n[nH]c1=O. The topological polar surface area (TPSA) is 59.9 Å². The largest absolute Gasteiger partial charge is 0.368 e. The molecule has 1 aromatic rings. The fourth-order valence-corrected chi connectivity index (χ4v) is 1.55. The van der Waals surface area contributed by atoms with Gasteiger partial charge in [-0.05, 0) is 27.2 Å². The second-order valence-corrected chi connectivity index (χ2v) is 3.87. The van der Waals surface area contributed by atoms with Crippen molar-refractivity contribution in [2.75, 3.05) is 0 Å². The Hall–Kier alpha value is -1.10. The number of aromatic amines is 1. The standard InChI is InChI=1S/C10H19N3O2/c1-5-6-13-9(11-12-10(13)14)8(4)15-7(2)3/h7-8H,5-6H2,1-4H3,(H,12,14). The molecule has 0 saturated carbocycles. The van der Waals surface area contributed by atoms with Gasteiger partial charge in [-0.1, -0.05) is 6.92 Å². The van der Waals surface area contributed by atoms with Gasteiger partial charge in [0.2, 0.25) is 0 Å². The average Bonchev–Trinajstić information content (AvgIpc) is 2.48. The molecule has 5 nitrogen and oxygen atoms in total. The fraction of sp³-hybridized carbons (Fsp3) is 0.800. The number of rotatable bonds is 5. The summed E-state index contributed by atoms with van der Waals surface area (Å²) in [7, 11) is 0. The zero-order valence-electron chi connectivity index (χ0n) is 9.78. The Labute approximate surface area is 89.5 Å². The van der Waals surface area contributed by atoms with Crippen molar-refractivity contribution in [2.24, 2.45) is 0 Å². The van der Waals surface area contributed by atoms with Gasteiger partial charge in [-0.25, -0.2) is 9.89 Å². The number of hydrogen-bond donors (Lipinski definition) is 1. The van der Waals surface area contributed by atoms with Crippen LogP contribution in [0.4, 0.5) is 0 Å². The lowest BCUT2D eigenvalue weighted by molar-refractivity contribution is 0.0106. The number of hydrogen-bond acceptors (Lipinski definition) is 3. The Kier molecular flexibility index (Phi) is 4.08. The molecule has 5 heteroatoms. The van der Waals surface area contributed by atoms with Gasteiger partial charge in [-0.2, -0.15) is 5.10 Å². The monoisotopic (exact) mass is 213 g/mol. The highest BCUT2D eigenvalue weighted by Crippen LogP contribution is 2.14. The van der Waals surface area contributed by atoms with Crippen LogP contribution in [0.25, 0.3) is 0 Å².